The van der Waals surface area contributed by atoms with Crippen molar-refractivity contribution in [2.24, 2.45) is 9.98 Å². The van der Waals surface area contributed by atoms with Crippen LogP contribution in [0.4, 0.5) is 0 Å². The minimum absolute atomic E-state index is 0.578. The van der Waals surface area contributed by atoms with Crippen LogP contribution < -0.4 is 0 Å². The Hall–Kier alpha value is -3.52. The summed E-state index contributed by atoms with van der Waals surface area (Å²) in [4.78, 5) is 9.40. The molecule has 2 heteroatoms. The van der Waals surface area contributed by atoms with Crippen LogP contribution in [0.2, 0.25) is 0 Å². The monoisotopic (exact) mass is 408 g/mol. The summed E-state index contributed by atoms with van der Waals surface area (Å²) in [5, 5.41) is 0. The summed E-state index contributed by atoms with van der Waals surface area (Å²) in [5.41, 5.74) is 9.33. The lowest BCUT2D eigenvalue weighted by Crippen LogP contribution is -2.07. The summed E-state index contributed by atoms with van der Waals surface area (Å²) < 4.78 is 0. The molecule has 0 saturated heterocycles. The van der Waals surface area contributed by atoms with E-state index in [1.165, 1.54) is 0 Å². The fourth-order valence-electron chi connectivity index (χ4n) is 3.25. The Bertz CT molecular complexity index is 1060. The van der Waals surface area contributed by atoms with Crippen molar-refractivity contribution in [3.63, 3.8) is 0 Å². The highest BCUT2D eigenvalue weighted by Gasteiger charge is 2.14. The molecular formula is C29H32N2. The second kappa shape index (κ2) is 11.6. The van der Waals surface area contributed by atoms with Crippen molar-refractivity contribution in [1.82, 2.24) is 0 Å². The molecule has 0 aromatic heterocycles. The van der Waals surface area contributed by atoms with E-state index in [1.807, 2.05) is 37.3 Å². The third-order valence-electron chi connectivity index (χ3n) is 4.98. The average molecular weight is 409 g/mol. The number of benzene rings is 2. The molecule has 0 atom stereocenters. The Morgan fingerprint density at radius 2 is 1.55 bits per heavy atom. The highest BCUT2D eigenvalue weighted by molar-refractivity contribution is 6.13. The van der Waals surface area contributed by atoms with E-state index in [0.29, 0.717) is 6.54 Å². The van der Waals surface area contributed by atoms with Gasteiger partial charge in [-0.3, -0.25) is 9.98 Å². The van der Waals surface area contributed by atoms with E-state index in [4.69, 9.17) is 4.99 Å². The average Bonchev–Trinajstić information content (AvgIpc) is 2.77. The van der Waals surface area contributed by atoms with E-state index in [9.17, 15) is 0 Å². The number of hydrogen-bond donors (Lipinski definition) is 0. The number of aliphatic imine (C=N–C) groups is 2. The van der Waals surface area contributed by atoms with Crippen LogP contribution in [0.1, 0.15) is 44.4 Å². The minimum atomic E-state index is 0.578. The number of allylic oxidation sites excluding steroid dienone is 6. The lowest BCUT2D eigenvalue weighted by atomic mass is 9.96. The summed E-state index contributed by atoms with van der Waals surface area (Å²) in [5.74, 6) is 0. The summed E-state index contributed by atoms with van der Waals surface area (Å²) in [6, 6.07) is 18.6. The van der Waals surface area contributed by atoms with Gasteiger partial charge in [0.2, 0.25) is 0 Å². The molecule has 0 heterocycles. The Balaban J connectivity index is 2.58. The first-order chi connectivity index (χ1) is 14.9. The first-order valence-electron chi connectivity index (χ1n) is 10.4. The maximum Gasteiger partial charge on any atom is 0.0744 e. The predicted octanol–water partition coefficient (Wildman–Crippen LogP) is 7.76. The molecule has 0 spiro atoms. The molecule has 0 unspecified atom stereocenters. The van der Waals surface area contributed by atoms with Gasteiger partial charge in [-0.25, -0.2) is 0 Å². The molecular weight excluding hydrogens is 376 g/mol. The van der Waals surface area contributed by atoms with Crippen molar-refractivity contribution in [3.8, 4) is 0 Å². The van der Waals surface area contributed by atoms with Gasteiger partial charge in [-0.05, 0) is 51.1 Å². The van der Waals surface area contributed by atoms with Crippen LogP contribution >= 0.6 is 0 Å². The lowest BCUT2D eigenvalue weighted by molar-refractivity contribution is 1.06. The quantitative estimate of drug-likeness (QED) is 0.299. The third-order valence-corrected chi connectivity index (χ3v) is 4.98. The van der Waals surface area contributed by atoms with Crippen molar-refractivity contribution >= 4 is 18.0 Å². The molecule has 2 aromatic rings. The molecule has 31 heavy (non-hydrogen) atoms. The highest BCUT2D eigenvalue weighted by atomic mass is 14.8. The predicted molar refractivity (Wildman–Crippen MR) is 138 cm³/mol. The van der Waals surface area contributed by atoms with Gasteiger partial charge in [-0.1, -0.05) is 97.1 Å². The molecule has 0 aliphatic carbocycles. The van der Waals surface area contributed by atoms with Crippen LogP contribution in [-0.4, -0.2) is 12.4 Å². The van der Waals surface area contributed by atoms with Crippen molar-refractivity contribution < 1.29 is 0 Å². The van der Waals surface area contributed by atoms with Crippen LogP contribution in [0, 0.1) is 0 Å². The first kappa shape index (κ1) is 23.8. The Morgan fingerprint density at radius 3 is 2.06 bits per heavy atom. The molecule has 0 saturated carbocycles. The van der Waals surface area contributed by atoms with Gasteiger partial charge in [-0.15, -0.1) is 0 Å². The summed E-state index contributed by atoms with van der Waals surface area (Å²) in [6.07, 6.45) is 5.71. The van der Waals surface area contributed by atoms with E-state index >= 15 is 0 Å². The summed E-state index contributed by atoms with van der Waals surface area (Å²) >= 11 is 0. The van der Waals surface area contributed by atoms with Crippen LogP contribution in [0.3, 0.4) is 0 Å². The topological polar surface area (TPSA) is 24.7 Å². The van der Waals surface area contributed by atoms with Gasteiger partial charge < -0.3 is 0 Å². The zero-order chi connectivity index (χ0) is 22.8. The number of hydrogen-bond acceptors (Lipinski definition) is 2. The van der Waals surface area contributed by atoms with Crippen LogP contribution in [0.15, 0.2) is 118 Å². The number of rotatable bonds is 9. The SMILES string of the molecule is C=C/C=C\C(=C(C)C)/C(N=C)=C(\C)C(=NCc1ccc(C(=C)C)cc1)c1ccccc1. The van der Waals surface area contributed by atoms with Gasteiger partial charge in [0, 0.05) is 11.1 Å². The minimum Gasteiger partial charge on any atom is -0.280 e. The van der Waals surface area contributed by atoms with E-state index in [2.05, 4.69) is 82.0 Å². The van der Waals surface area contributed by atoms with Crippen molar-refractivity contribution in [3.05, 3.63) is 125 Å². The maximum absolute atomic E-state index is 5.01. The van der Waals surface area contributed by atoms with Crippen molar-refractivity contribution in [2.75, 3.05) is 0 Å². The first-order valence-corrected chi connectivity index (χ1v) is 10.4. The van der Waals surface area contributed by atoms with E-state index < -0.39 is 0 Å². The number of nitrogens with zero attached hydrogens (tertiary/aromatic N) is 2. The Morgan fingerprint density at radius 1 is 0.903 bits per heavy atom. The van der Waals surface area contributed by atoms with Crippen LogP contribution in [0.25, 0.3) is 5.57 Å². The van der Waals surface area contributed by atoms with Crippen LogP contribution in [0.5, 0.6) is 0 Å². The molecule has 0 aliphatic rings. The van der Waals surface area contributed by atoms with Gasteiger partial charge in [0.25, 0.3) is 0 Å². The van der Waals surface area contributed by atoms with Crippen LogP contribution in [-0.2, 0) is 6.54 Å². The molecule has 2 nitrogen and oxygen atoms in total. The van der Waals surface area contributed by atoms with E-state index in [1.54, 1.807) is 6.08 Å². The zero-order valence-electron chi connectivity index (χ0n) is 19.2. The standard InChI is InChI=1S/C29H32N2/c1-8-9-15-27(22(4)5)29(30-7)23(6)28(26-13-11-10-12-14-26)31-20-24-16-18-25(19-17-24)21(2)3/h8-19H,1-2,7,20H2,3-6H3/b15-9-,29-23-,31-28?. The van der Waals surface area contributed by atoms with E-state index in [-0.39, 0.29) is 0 Å². The Labute approximate surface area is 187 Å². The van der Waals surface area contributed by atoms with Gasteiger partial charge >= 0.3 is 0 Å². The second-order valence-electron chi connectivity index (χ2n) is 7.65. The van der Waals surface area contributed by atoms with Crippen molar-refractivity contribution in [1.29, 1.82) is 0 Å². The molecule has 0 amide bonds. The fraction of sp³-hybridized carbons (Fsp3) is 0.172. The molecule has 2 rings (SSSR count). The van der Waals surface area contributed by atoms with Gasteiger partial charge in [0.15, 0.2) is 0 Å². The fourth-order valence-corrected chi connectivity index (χ4v) is 3.25. The van der Waals surface area contributed by atoms with Crippen molar-refractivity contribution in [2.45, 2.75) is 34.2 Å². The highest BCUT2D eigenvalue weighted by Crippen LogP contribution is 2.25. The molecule has 158 valence electrons. The van der Waals surface area contributed by atoms with Gasteiger partial charge in [0.05, 0.1) is 18.0 Å². The molecule has 0 aliphatic heterocycles. The smallest absolute Gasteiger partial charge is 0.0744 e. The van der Waals surface area contributed by atoms with Gasteiger partial charge in [0.1, 0.15) is 0 Å². The van der Waals surface area contributed by atoms with Gasteiger partial charge in [-0.2, -0.15) is 0 Å². The Kier molecular flexibility index (Phi) is 8.90. The maximum atomic E-state index is 5.01. The normalized spacial score (nSPS) is 12.3. The molecule has 0 fully saturated rings. The van der Waals surface area contributed by atoms with E-state index in [0.717, 1.165) is 50.4 Å². The summed E-state index contributed by atoms with van der Waals surface area (Å²) in [6.45, 7) is 20.4. The third kappa shape index (κ3) is 6.48. The largest absolute Gasteiger partial charge is 0.280 e. The molecule has 0 bridgehead atoms. The second-order valence-corrected chi connectivity index (χ2v) is 7.65. The molecule has 2 aromatic carbocycles. The lowest BCUT2D eigenvalue weighted by Gasteiger charge is -2.14. The summed E-state index contributed by atoms with van der Waals surface area (Å²) in [7, 11) is 0. The molecule has 0 radical (unpaired) electrons. The molecule has 0 N–H and O–H groups in total. The zero-order valence-corrected chi connectivity index (χ0v) is 19.2.